The van der Waals surface area contributed by atoms with Gasteiger partial charge in [0.1, 0.15) is 0 Å². The minimum Gasteiger partial charge on any atom is -0.393 e. The first kappa shape index (κ1) is 11.4. The number of aliphatic hydroxyl groups is 1. The molecule has 0 aliphatic rings. The molecule has 0 saturated heterocycles. The second-order valence-electron chi connectivity index (χ2n) is 3.51. The molecule has 0 radical (unpaired) electrons. The van der Waals surface area contributed by atoms with E-state index in [1.165, 1.54) is 0 Å². The van der Waals surface area contributed by atoms with Gasteiger partial charge in [0.05, 0.1) is 8.04 Å². The topological polar surface area (TPSA) is 20.2 Å². The van der Waals surface area contributed by atoms with Gasteiger partial charge >= 0.3 is 0 Å². The fourth-order valence-electron chi connectivity index (χ4n) is 0.522. The monoisotopic (exact) mass is 368 g/mol. The molecule has 0 heterocycles. The zero-order chi connectivity index (χ0) is 8.36. The highest BCUT2D eigenvalue weighted by Gasteiger charge is 2.23. The number of halogens is 2. The van der Waals surface area contributed by atoms with Crippen LogP contribution in [0.5, 0.6) is 0 Å². The Kier molecular flexibility index (Phi) is 5.08. The lowest BCUT2D eigenvalue weighted by Gasteiger charge is -2.26. The van der Waals surface area contributed by atoms with Gasteiger partial charge in [-0.2, -0.15) is 0 Å². The molecule has 1 unspecified atom stereocenters. The normalized spacial score (nSPS) is 15.9. The van der Waals surface area contributed by atoms with Crippen LogP contribution < -0.4 is 0 Å². The molecule has 0 aromatic rings. The summed E-state index contributed by atoms with van der Waals surface area (Å²) in [6, 6.07) is 0. The number of aliphatic hydroxyl groups excluding tert-OH is 1. The summed E-state index contributed by atoms with van der Waals surface area (Å²) in [5.41, 5.74) is 0.0363. The summed E-state index contributed by atoms with van der Waals surface area (Å²) in [6.45, 7) is 6.19. The molecule has 1 N–H and O–H groups in total. The maximum Gasteiger partial charge on any atom is 0.0651 e. The third-order valence-electron chi connectivity index (χ3n) is 1.40. The molecule has 0 aliphatic carbocycles. The highest BCUT2D eigenvalue weighted by molar-refractivity contribution is 14.2. The maximum atomic E-state index is 9.55. The summed E-state index contributed by atoms with van der Waals surface area (Å²) in [6.07, 6.45) is 0.705. The van der Waals surface area contributed by atoms with Gasteiger partial charge in [0, 0.05) is 0 Å². The van der Waals surface area contributed by atoms with Crippen molar-refractivity contribution < 1.29 is 5.11 Å². The van der Waals surface area contributed by atoms with E-state index in [9.17, 15) is 5.11 Å². The lowest BCUT2D eigenvalue weighted by molar-refractivity contribution is 0.0608. The summed E-state index contributed by atoms with van der Waals surface area (Å²) >= 11 is 4.65. The third kappa shape index (κ3) is 5.12. The molecular formula is C7H14I2O. The van der Waals surface area contributed by atoms with Crippen molar-refractivity contribution in [2.45, 2.75) is 35.2 Å². The van der Waals surface area contributed by atoms with Crippen LogP contribution in [-0.2, 0) is 0 Å². The molecule has 0 spiro atoms. The first-order chi connectivity index (χ1) is 4.34. The summed E-state index contributed by atoms with van der Waals surface area (Å²) in [5.74, 6) is 0. The summed E-state index contributed by atoms with van der Waals surface area (Å²) < 4.78 is 0.532. The van der Waals surface area contributed by atoms with Gasteiger partial charge in [-0.05, 0) is 11.8 Å². The van der Waals surface area contributed by atoms with Crippen LogP contribution >= 0.6 is 45.2 Å². The van der Waals surface area contributed by atoms with Crippen LogP contribution in [0.15, 0.2) is 0 Å². The number of hydrogen-bond acceptors (Lipinski definition) is 1. The van der Waals surface area contributed by atoms with Gasteiger partial charge in [-0.3, -0.25) is 0 Å². The first-order valence-corrected chi connectivity index (χ1v) is 5.79. The predicted molar refractivity (Wildman–Crippen MR) is 61.9 cm³/mol. The smallest absolute Gasteiger partial charge is 0.0651 e. The van der Waals surface area contributed by atoms with E-state index in [-0.39, 0.29) is 11.5 Å². The van der Waals surface area contributed by atoms with Crippen molar-refractivity contribution in [3.05, 3.63) is 0 Å². The maximum absolute atomic E-state index is 9.55. The molecule has 0 bridgehead atoms. The van der Waals surface area contributed by atoms with E-state index in [1.54, 1.807) is 0 Å². The van der Waals surface area contributed by atoms with Crippen molar-refractivity contribution in [3.8, 4) is 0 Å². The van der Waals surface area contributed by atoms with Crippen molar-refractivity contribution in [2.75, 3.05) is 0 Å². The zero-order valence-corrected chi connectivity index (χ0v) is 10.9. The van der Waals surface area contributed by atoms with Crippen LogP contribution in [-0.4, -0.2) is 13.1 Å². The molecule has 62 valence electrons. The molecule has 0 aliphatic heterocycles. The Morgan fingerprint density at radius 3 is 1.80 bits per heavy atom. The molecule has 3 heteroatoms. The van der Waals surface area contributed by atoms with Crippen molar-refractivity contribution in [2.24, 2.45) is 5.41 Å². The van der Waals surface area contributed by atoms with Gasteiger partial charge in [-0.1, -0.05) is 66.0 Å². The fourth-order valence-corrected chi connectivity index (χ4v) is 1.49. The van der Waals surface area contributed by atoms with E-state index < -0.39 is 0 Å². The molecule has 0 aromatic carbocycles. The van der Waals surface area contributed by atoms with Crippen molar-refractivity contribution in [1.29, 1.82) is 0 Å². The van der Waals surface area contributed by atoms with E-state index in [0.717, 1.165) is 6.42 Å². The zero-order valence-electron chi connectivity index (χ0n) is 6.56. The SMILES string of the molecule is CC(C)(C)C(O)CC(I)I. The molecule has 0 amide bonds. The highest BCUT2D eigenvalue weighted by atomic mass is 127. The lowest BCUT2D eigenvalue weighted by Crippen LogP contribution is -2.27. The molecule has 0 aromatic heterocycles. The second-order valence-corrected chi connectivity index (χ2v) is 8.90. The van der Waals surface area contributed by atoms with Crippen LogP contribution in [0.2, 0.25) is 0 Å². The Morgan fingerprint density at radius 1 is 1.30 bits per heavy atom. The van der Waals surface area contributed by atoms with Gasteiger partial charge in [0.2, 0.25) is 0 Å². The molecule has 0 saturated carbocycles. The third-order valence-corrected chi connectivity index (χ3v) is 2.42. The first-order valence-electron chi connectivity index (χ1n) is 3.30. The minimum atomic E-state index is -0.175. The highest BCUT2D eigenvalue weighted by Crippen LogP contribution is 2.27. The van der Waals surface area contributed by atoms with Crippen molar-refractivity contribution >= 4 is 45.2 Å². The Balaban J connectivity index is 3.73. The van der Waals surface area contributed by atoms with Gasteiger partial charge < -0.3 is 5.11 Å². The second kappa shape index (κ2) is 4.45. The van der Waals surface area contributed by atoms with Crippen molar-refractivity contribution in [3.63, 3.8) is 0 Å². The Bertz CT molecular complexity index is 96.3. The van der Waals surface area contributed by atoms with Crippen LogP contribution in [0, 0.1) is 5.41 Å². The van der Waals surface area contributed by atoms with Gasteiger partial charge in [0.25, 0.3) is 0 Å². The summed E-state index contributed by atoms with van der Waals surface area (Å²) in [4.78, 5) is 0. The molecule has 1 nitrogen and oxygen atoms in total. The largest absolute Gasteiger partial charge is 0.393 e. The van der Waals surface area contributed by atoms with E-state index in [2.05, 4.69) is 66.0 Å². The van der Waals surface area contributed by atoms with Gasteiger partial charge in [-0.15, -0.1) is 0 Å². The number of rotatable bonds is 2. The number of alkyl halides is 2. The van der Waals surface area contributed by atoms with Crippen LogP contribution in [0.25, 0.3) is 0 Å². The number of hydrogen-bond donors (Lipinski definition) is 1. The molecule has 1 atom stereocenters. The summed E-state index contributed by atoms with van der Waals surface area (Å²) in [5, 5.41) is 9.55. The van der Waals surface area contributed by atoms with Gasteiger partial charge in [-0.25, -0.2) is 0 Å². The molecular weight excluding hydrogens is 354 g/mol. The van der Waals surface area contributed by atoms with E-state index in [4.69, 9.17) is 0 Å². The molecule has 0 rings (SSSR count). The standard InChI is InChI=1S/C7H14I2O/c1-7(2,3)5(10)4-6(8)9/h5-6,10H,4H2,1-3H3. The molecule has 0 fully saturated rings. The van der Waals surface area contributed by atoms with E-state index in [1.807, 2.05) is 0 Å². The Morgan fingerprint density at radius 2 is 1.70 bits per heavy atom. The van der Waals surface area contributed by atoms with Crippen molar-refractivity contribution in [1.82, 2.24) is 0 Å². The quantitative estimate of drug-likeness (QED) is 0.587. The van der Waals surface area contributed by atoms with E-state index in [0.29, 0.717) is 1.93 Å². The minimum absolute atomic E-state index is 0.0363. The fraction of sp³-hybridized carbons (Fsp3) is 1.00. The average Bonchev–Trinajstić information content (AvgIpc) is 1.60. The average molecular weight is 368 g/mol. The van der Waals surface area contributed by atoms with Crippen LogP contribution in [0.3, 0.4) is 0 Å². The molecule has 10 heavy (non-hydrogen) atoms. The predicted octanol–water partition coefficient (Wildman–Crippen LogP) is 2.98. The lowest BCUT2D eigenvalue weighted by atomic mass is 9.88. The van der Waals surface area contributed by atoms with E-state index >= 15 is 0 Å². The van der Waals surface area contributed by atoms with Crippen LogP contribution in [0.4, 0.5) is 0 Å². The Hall–Kier alpha value is 1.42. The van der Waals surface area contributed by atoms with Gasteiger partial charge in [0.15, 0.2) is 0 Å². The van der Waals surface area contributed by atoms with Crippen LogP contribution in [0.1, 0.15) is 27.2 Å². The Labute approximate surface area is 90.2 Å². The summed E-state index contributed by atoms with van der Waals surface area (Å²) in [7, 11) is 0.